The van der Waals surface area contributed by atoms with Gasteiger partial charge in [-0.25, -0.2) is 13.8 Å². The molecule has 39 heavy (non-hydrogen) atoms. The summed E-state index contributed by atoms with van der Waals surface area (Å²) >= 11 is 0. The number of hydrogen-bond donors (Lipinski definition) is 2. The number of ether oxygens (including phenoxy) is 2. The summed E-state index contributed by atoms with van der Waals surface area (Å²) in [4.78, 5) is 20.4. The normalized spacial score (nSPS) is 15.4. The largest absolute Gasteiger partial charge is 0.493 e. The predicted octanol–water partition coefficient (Wildman–Crippen LogP) is 3.65. The number of aliphatic imine (C=N–C) groups is 1. The zero-order valence-corrected chi connectivity index (χ0v) is 22.2. The minimum Gasteiger partial charge on any atom is -0.493 e. The minimum absolute atomic E-state index is 0.0556. The van der Waals surface area contributed by atoms with Gasteiger partial charge >= 0.3 is 0 Å². The first kappa shape index (κ1) is 27.7. The van der Waals surface area contributed by atoms with Crippen molar-refractivity contribution in [1.82, 2.24) is 10.2 Å². The van der Waals surface area contributed by atoms with E-state index in [4.69, 9.17) is 9.47 Å². The molecule has 0 unspecified atom stereocenters. The number of nitro groups is 1. The molecule has 2 aliphatic rings. The molecule has 12 heteroatoms. The lowest BCUT2D eigenvalue weighted by Gasteiger charge is -2.35. The second-order valence-electron chi connectivity index (χ2n) is 8.97. The average molecular weight is 541 g/mol. The fraction of sp³-hybridized carbons (Fsp3) is 0.370. The van der Waals surface area contributed by atoms with Crippen molar-refractivity contribution in [3.05, 3.63) is 62.8 Å². The van der Waals surface area contributed by atoms with Crippen molar-refractivity contribution in [2.24, 2.45) is 4.99 Å². The molecule has 0 aromatic heterocycles. The number of nitro benzene ring substituents is 1. The summed E-state index contributed by atoms with van der Waals surface area (Å²) in [7, 11) is 2.52. The Kier molecular flexibility index (Phi) is 8.51. The maximum atomic E-state index is 14.6. The average Bonchev–Trinajstić information content (AvgIpc) is 2.94. The maximum absolute atomic E-state index is 14.6. The monoisotopic (exact) mass is 540 g/mol. The Labute approximate surface area is 225 Å². The van der Waals surface area contributed by atoms with Crippen molar-refractivity contribution >= 4 is 23.0 Å². The topological polar surface area (TPSA) is 104 Å². The van der Waals surface area contributed by atoms with Crippen LogP contribution in [0.3, 0.4) is 0 Å². The molecule has 0 amide bonds. The molecule has 2 heterocycles. The SMILES string of the molecule is CCN1CCN(c2cc(C)c(NC3=NCC(C#Cc4c(F)c(OC)cc(OC)c4F)=CN3)c([N+](=O)[O-])c2)CC1. The van der Waals surface area contributed by atoms with Crippen LogP contribution in [0.15, 0.2) is 35.0 Å². The van der Waals surface area contributed by atoms with Gasteiger partial charge in [-0.1, -0.05) is 18.8 Å². The van der Waals surface area contributed by atoms with Gasteiger partial charge in [0.1, 0.15) is 11.3 Å². The maximum Gasteiger partial charge on any atom is 0.295 e. The van der Waals surface area contributed by atoms with Crippen molar-refractivity contribution in [2.45, 2.75) is 13.8 Å². The van der Waals surface area contributed by atoms with Crippen molar-refractivity contribution in [2.75, 3.05) is 63.7 Å². The number of guanidine groups is 1. The van der Waals surface area contributed by atoms with Crippen LogP contribution in [-0.4, -0.2) is 69.3 Å². The molecule has 1 saturated heterocycles. The lowest BCUT2D eigenvalue weighted by atomic mass is 10.1. The van der Waals surface area contributed by atoms with Crippen molar-refractivity contribution in [3.8, 4) is 23.3 Å². The van der Waals surface area contributed by atoms with E-state index in [0.29, 0.717) is 16.8 Å². The summed E-state index contributed by atoms with van der Waals surface area (Å²) in [5.74, 6) is 3.23. The van der Waals surface area contributed by atoms with E-state index in [2.05, 4.69) is 44.2 Å². The third kappa shape index (κ3) is 6.04. The van der Waals surface area contributed by atoms with E-state index < -0.39 is 22.1 Å². The summed E-state index contributed by atoms with van der Waals surface area (Å²) in [6, 6.07) is 4.62. The predicted molar refractivity (Wildman–Crippen MR) is 146 cm³/mol. The second kappa shape index (κ2) is 12.0. The fourth-order valence-corrected chi connectivity index (χ4v) is 4.38. The van der Waals surface area contributed by atoms with Gasteiger partial charge in [0.15, 0.2) is 29.1 Å². The first-order valence-electron chi connectivity index (χ1n) is 12.4. The molecule has 2 N–H and O–H groups in total. The lowest BCUT2D eigenvalue weighted by Crippen LogP contribution is -2.46. The van der Waals surface area contributed by atoms with Crippen LogP contribution in [0, 0.1) is 40.5 Å². The number of halogens is 2. The zero-order valence-electron chi connectivity index (χ0n) is 22.2. The Bertz CT molecular complexity index is 1360. The highest BCUT2D eigenvalue weighted by molar-refractivity contribution is 5.98. The first-order chi connectivity index (χ1) is 18.7. The van der Waals surface area contributed by atoms with Gasteiger partial charge in [0.25, 0.3) is 5.69 Å². The smallest absolute Gasteiger partial charge is 0.295 e. The number of methoxy groups -OCH3 is 2. The van der Waals surface area contributed by atoms with E-state index in [9.17, 15) is 18.9 Å². The fourth-order valence-electron chi connectivity index (χ4n) is 4.38. The number of benzene rings is 2. The molecule has 0 aliphatic carbocycles. The Hall–Kier alpha value is -4.37. The molecule has 0 radical (unpaired) electrons. The second-order valence-corrected chi connectivity index (χ2v) is 8.97. The lowest BCUT2D eigenvalue weighted by molar-refractivity contribution is -0.383. The van der Waals surface area contributed by atoms with Crippen LogP contribution in [0.2, 0.25) is 0 Å². The number of piperazine rings is 1. The molecule has 4 rings (SSSR count). The van der Waals surface area contributed by atoms with Gasteiger partial charge < -0.3 is 29.9 Å². The van der Waals surface area contributed by atoms with Crippen LogP contribution in [0.25, 0.3) is 0 Å². The van der Waals surface area contributed by atoms with E-state index in [0.717, 1.165) is 44.5 Å². The van der Waals surface area contributed by atoms with E-state index in [-0.39, 0.29) is 29.7 Å². The molecule has 0 atom stereocenters. The summed E-state index contributed by atoms with van der Waals surface area (Å²) in [5, 5.41) is 17.9. The number of nitrogens with zero attached hydrogens (tertiary/aromatic N) is 4. The van der Waals surface area contributed by atoms with Gasteiger partial charge in [0.05, 0.1) is 25.7 Å². The van der Waals surface area contributed by atoms with Crippen LogP contribution < -0.4 is 25.0 Å². The minimum atomic E-state index is -0.933. The quantitative estimate of drug-likeness (QED) is 0.325. The number of hydrogen-bond acceptors (Lipinski definition) is 9. The molecule has 2 aromatic carbocycles. The standard InChI is InChI=1S/C27H30F2N6O4/c1-5-33-8-10-34(11-9-33)19-12-17(2)26(21(13-19)35(36)37)32-27-30-15-18(16-31-27)6-7-20-24(28)22(38-3)14-23(39-4)25(20)29/h12-15H,5,8-11,16H2,1-4H3,(H2,30,31,32). The van der Waals surface area contributed by atoms with E-state index >= 15 is 0 Å². The Morgan fingerprint density at radius 2 is 1.77 bits per heavy atom. The highest BCUT2D eigenvalue weighted by Gasteiger charge is 2.24. The Morgan fingerprint density at radius 1 is 1.10 bits per heavy atom. The number of rotatable bonds is 6. The molecule has 0 bridgehead atoms. The number of nitrogens with one attached hydrogen (secondary N) is 2. The van der Waals surface area contributed by atoms with E-state index in [1.54, 1.807) is 6.07 Å². The molecule has 2 aromatic rings. The van der Waals surface area contributed by atoms with Gasteiger partial charge in [-0.15, -0.1) is 0 Å². The first-order valence-corrected chi connectivity index (χ1v) is 12.4. The third-order valence-corrected chi connectivity index (χ3v) is 6.64. The van der Waals surface area contributed by atoms with Gasteiger partial charge in [-0.05, 0) is 25.1 Å². The highest BCUT2D eigenvalue weighted by Crippen LogP contribution is 2.34. The van der Waals surface area contributed by atoms with Crippen LogP contribution in [0.1, 0.15) is 18.1 Å². The summed E-state index contributed by atoms with van der Waals surface area (Å²) in [6.07, 6.45) is 1.53. The van der Waals surface area contributed by atoms with Crippen LogP contribution in [-0.2, 0) is 0 Å². The number of anilines is 2. The van der Waals surface area contributed by atoms with Gasteiger partial charge in [0, 0.05) is 55.8 Å². The zero-order chi connectivity index (χ0) is 28.1. The third-order valence-electron chi connectivity index (χ3n) is 6.64. The van der Waals surface area contributed by atoms with Gasteiger partial charge in [0.2, 0.25) is 0 Å². The molecule has 206 valence electrons. The number of aryl methyl sites for hydroxylation is 1. The molecule has 0 saturated carbocycles. The summed E-state index contributed by atoms with van der Waals surface area (Å²) in [5.41, 5.74) is 1.76. The molecular weight excluding hydrogens is 510 g/mol. The van der Waals surface area contributed by atoms with Crippen LogP contribution >= 0.6 is 0 Å². The van der Waals surface area contributed by atoms with Crippen LogP contribution in [0.5, 0.6) is 11.5 Å². The summed E-state index contributed by atoms with van der Waals surface area (Å²) in [6.45, 7) is 8.43. The molecule has 10 nitrogen and oxygen atoms in total. The van der Waals surface area contributed by atoms with Gasteiger partial charge in [-0.2, -0.15) is 0 Å². The number of likely N-dealkylation sites (N-methyl/N-ethyl adjacent to an activating group) is 1. The van der Waals surface area contributed by atoms with Gasteiger partial charge in [-0.3, -0.25) is 10.1 Å². The highest BCUT2D eigenvalue weighted by atomic mass is 19.1. The Morgan fingerprint density at radius 3 is 2.31 bits per heavy atom. The Balaban J connectivity index is 1.50. The molecular formula is C27H30F2N6O4. The van der Waals surface area contributed by atoms with Crippen molar-refractivity contribution < 1.29 is 23.2 Å². The van der Waals surface area contributed by atoms with Crippen molar-refractivity contribution in [1.29, 1.82) is 0 Å². The molecule has 1 fully saturated rings. The van der Waals surface area contributed by atoms with E-state index in [1.165, 1.54) is 20.4 Å². The van der Waals surface area contributed by atoms with Crippen LogP contribution in [0.4, 0.5) is 25.8 Å². The summed E-state index contributed by atoms with van der Waals surface area (Å²) < 4.78 is 39.0. The molecule has 2 aliphatic heterocycles. The molecule has 0 spiro atoms. The van der Waals surface area contributed by atoms with E-state index in [1.807, 2.05) is 13.0 Å². The van der Waals surface area contributed by atoms with Crippen molar-refractivity contribution in [3.63, 3.8) is 0 Å².